The number of anilines is 1. The Labute approximate surface area is 208 Å². The van der Waals surface area contributed by atoms with E-state index < -0.39 is 0 Å². The number of nitrogens with zero attached hydrogens (tertiary/aromatic N) is 2. The van der Waals surface area contributed by atoms with Gasteiger partial charge in [-0.2, -0.15) is 0 Å². The molecule has 1 aromatic carbocycles. The van der Waals surface area contributed by atoms with Crippen molar-refractivity contribution in [2.75, 3.05) is 45.3 Å². The molecular formula is C24H36IN5O2. The summed E-state index contributed by atoms with van der Waals surface area (Å²) in [4.78, 5) is 8.60. The van der Waals surface area contributed by atoms with Gasteiger partial charge in [0.15, 0.2) is 5.96 Å². The molecule has 2 aromatic rings. The first-order valence-corrected chi connectivity index (χ1v) is 11.1. The number of benzene rings is 1. The maximum atomic E-state index is 6.14. The van der Waals surface area contributed by atoms with Crippen LogP contribution in [0.3, 0.4) is 0 Å². The highest BCUT2D eigenvalue weighted by atomic mass is 127. The summed E-state index contributed by atoms with van der Waals surface area (Å²) in [6.45, 7) is 6.87. The first kappa shape index (κ1) is 26.2. The summed E-state index contributed by atoms with van der Waals surface area (Å²) >= 11 is 0. The number of ether oxygens (including phenoxy) is 2. The molecule has 0 spiro atoms. The summed E-state index contributed by atoms with van der Waals surface area (Å²) in [7, 11) is 1.80. The quantitative estimate of drug-likeness (QED) is 0.169. The minimum absolute atomic E-state index is 0. The van der Waals surface area contributed by atoms with Crippen LogP contribution in [0, 0.1) is 12.8 Å². The molecule has 8 heteroatoms. The molecule has 1 aromatic heterocycles. The van der Waals surface area contributed by atoms with Crippen molar-refractivity contribution < 1.29 is 9.47 Å². The number of pyridine rings is 1. The molecule has 1 atom stereocenters. The number of guanidine groups is 1. The third-order valence-electron chi connectivity index (χ3n) is 5.26. The smallest absolute Gasteiger partial charge is 0.191 e. The van der Waals surface area contributed by atoms with Crippen LogP contribution in [0.25, 0.3) is 0 Å². The van der Waals surface area contributed by atoms with Crippen molar-refractivity contribution in [1.82, 2.24) is 15.6 Å². The Morgan fingerprint density at radius 1 is 1.19 bits per heavy atom. The summed E-state index contributed by atoms with van der Waals surface area (Å²) < 4.78 is 11.6. The van der Waals surface area contributed by atoms with Crippen molar-refractivity contribution in [3.8, 4) is 5.75 Å². The molecule has 0 saturated carbocycles. The highest BCUT2D eigenvalue weighted by Crippen LogP contribution is 2.22. The van der Waals surface area contributed by atoms with Gasteiger partial charge in [-0.15, -0.1) is 24.0 Å². The molecule has 3 N–H and O–H groups in total. The van der Waals surface area contributed by atoms with E-state index in [4.69, 9.17) is 9.47 Å². The van der Waals surface area contributed by atoms with Gasteiger partial charge >= 0.3 is 0 Å². The first-order chi connectivity index (χ1) is 15.2. The Bertz CT molecular complexity index is 813. The van der Waals surface area contributed by atoms with Crippen molar-refractivity contribution in [3.63, 3.8) is 0 Å². The molecule has 0 aliphatic carbocycles. The fourth-order valence-corrected chi connectivity index (χ4v) is 3.40. The number of aryl methyl sites for hydroxylation is 1. The second-order valence-electron chi connectivity index (χ2n) is 7.85. The SMILES string of the molecule is CN=C(NCCCCNc1ccccn1)NCc1ccc(C)cc1OCC1CCOC1.I. The third kappa shape index (κ3) is 9.20. The number of nitrogens with one attached hydrogen (secondary N) is 3. The van der Waals surface area contributed by atoms with Gasteiger partial charge in [0.05, 0.1) is 13.2 Å². The van der Waals surface area contributed by atoms with Gasteiger partial charge in [0.1, 0.15) is 11.6 Å². The van der Waals surface area contributed by atoms with Gasteiger partial charge in [0, 0.05) is 51.0 Å². The highest BCUT2D eigenvalue weighted by molar-refractivity contribution is 14.0. The first-order valence-electron chi connectivity index (χ1n) is 11.1. The maximum Gasteiger partial charge on any atom is 0.191 e. The molecule has 1 fully saturated rings. The van der Waals surface area contributed by atoms with Crippen molar-refractivity contribution >= 4 is 35.8 Å². The van der Waals surface area contributed by atoms with E-state index in [9.17, 15) is 0 Å². The Morgan fingerprint density at radius 2 is 2.06 bits per heavy atom. The minimum Gasteiger partial charge on any atom is -0.493 e. The number of hydrogen-bond donors (Lipinski definition) is 3. The lowest BCUT2D eigenvalue weighted by molar-refractivity contribution is 0.166. The molecule has 1 aliphatic rings. The lowest BCUT2D eigenvalue weighted by Gasteiger charge is -2.17. The zero-order chi connectivity index (χ0) is 21.7. The van der Waals surface area contributed by atoms with Crippen LogP contribution in [0.5, 0.6) is 5.75 Å². The van der Waals surface area contributed by atoms with Crippen LogP contribution in [-0.2, 0) is 11.3 Å². The number of unbranched alkanes of at least 4 members (excludes halogenated alkanes) is 1. The van der Waals surface area contributed by atoms with Crippen LogP contribution in [-0.4, -0.2) is 50.9 Å². The summed E-state index contributed by atoms with van der Waals surface area (Å²) in [5.74, 6) is 3.15. The maximum absolute atomic E-state index is 6.14. The predicted octanol–water partition coefficient (Wildman–Crippen LogP) is 3.98. The van der Waals surface area contributed by atoms with Gasteiger partial charge < -0.3 is 25.4 Å². The number of aromatic nitrogens is 1. The second-order valence-corrected chi connectivity index (χ2v) is 7.85. The number of rotatable bonds is 11. The molecule has 1 saturated heterocycles. The standard InChI is InChI=1S/C24H35N5O2.HI/c1-19-8-9-21(22(15-19)31-18-20-10-14-30-17-20)16-29-24(25-2)28-13-6-5-12-27-23-7-3-4-11-26-23;/h3-4,7-9,11,15,20H,5-6,10,12-14,16-18H2,1-2H3,(H,26,27)(H2,25,28,29);1H. The van der Waals surface area contributed by atoms with E-state index in [0.717, 1.165) is 68.7 Å². The number of halogens is 1. The molecule has 0 radical (unpaired) electrons. The second kappa shape index (κ2) is 14.9. The normalized spacial score (nSPS) is 15.7. The molecule has 176 valence electrons. The van der Waals surface area contributed by atoms with Crippen LogP contribution in [0.1, 0.15) is 30.4 Å². The lowest BCUT2D eigenvalue weighted by Crippen LogP contribution is -2.37. The van der Waals surface area contributed by atoms with E-state index in [1.54, 1.807) is 13.2 Å². The Kier molecular flexibility index (Phi) is 12.2. The topological polar surface area (TPSA) is 79.8 Å². The van der Waals surface area contributed by atoms with Crippen LogP contribution in [0.4, 0.5) is 5.82 Å². The Hall–Kier alpha value is -2.07. The van der Waals surface area contributed by atoms with Crippen molar-refractivity contribution in [3.05, 3.63) is 53.7 Å². The van der Waals surface area contributed by atoms with Crippen LogP contribution in [0.2, 0.25) is 0 Å². The summed E-state index contributed by atoms with van der Waals surface area (Å²) in [6, 6.07) is 12.2. The van der Waals surface area contributed by atoms with E-state index in [0.29, 0.717) is 19.1 Å². The molecule has 1 aliphatic heterocycles. The van der Waals surface area contributed by atoms with E-state index in [-0.39, 0.29) is 24.0 Å². The molecule has 7 nitrogen and oxygen atoms in total. The zero-order valence-electron chi connectivity index (χ0n) is 19.1. The predicted molar refractivity (Wildman–Crippen MR) is 141 cm³/mol. The fourth-order valence-electron chi connectivity index (χ4n) is 3.40. The van der Waals surface area contributed by atoms with Crippen LogP contribution < -0.4 is 20.7 Å². The van der Waals surface area contributed by atoms with Gasteiger partial charge in [-0.1, -0.05) is 18.2 Å². The molecule has 0 amide bonds. The molecule has 3 rings (SSSR count). The average molecular weight is 553 g/mol. The summed E-state index contributed by atoms with van der Waals surface area (Å²) in [5, 5.41) is 10.1. The number of aliphatic imine (C=N–C) groups is 1. The molecule has 2 heterocycles. The van der Waals surface area contributed by atoms with Crippen molar-refractivity contribution in [2.45, 2.75) is 32.7 Å². The molecular weight excluding hydrogens is 517 g/mol. The monoisotopic (exact) mass is 553 g/mol. The van der Waals surface area contributed by atoms with Gasteiger partial charge in [0.25, 0.3) is 0 Å². The Morgan fingerprint density at radius 3 is 2.81 bits per heavy atom. The lowest BCUT2D eigenvalue weighted by atomic mass is 10.1. The van der Waals surface area contributed by atoms with Crippen LogP contribution in [0.15, 0.2) is 47.6 Å². The minimum atomic E-state index is 0. The van der Waals surface area contributed by atoms with E-state index in [2.05, 4.69) is 51.0 Å². The van der Waals surface area contributed by atoms with E-state index >= 15 is 0 Å². The van der Waals surface area contributed by atoms with E-state index in [1.165, 1.54) is 5.56 Å². The van der Waals surface area contributed by atoms with E-state index in [1.807, 2.05) is 18.2 Å². The molecule has 32 heavy (non-hydrogen) atoms. The summed E-state index contributed by atoms with van der Waals surface area (Å²) in [6.07, 6.45) is 4.98. The largest absolute Gasteiger partial charge is 0.493 e. The van der Waals surface area contributed by atoms with Crippen LogP contribution >= 0.6 is 24.0 Å². The van der Waals surface area contributed by atoms with Gasteiger partial charge in [0.2, 0.25) is 0 Å². The van der Waals surface area contributed by atoms with Gasteiger partial charge in [-0.3, -0.25) is 4.99 Å². The Balaban J connectivity index is 0.00000363. The van der Waals surface area contributed by atoms with Crippen molar-refractivity contribution in [2.24, 2.45) is 10.9 Å². The summed E-state index contributed by atoms with van der Waals surface area (Å²) in [5.41, 5.74) is 2.33. The zero-order valence-corrected chi connectivity index (χ0v) is 21.4. The average Bonchev–Trinajstić information content (AvgIpc) is 3.32. The van der Waals surface area contributed by atoms with Gasteiger partial charge in [-0.25, -0.2) is 4.98 Å². The molecule has 1 unspecified atom stereocenters. The third-order valence-corrected chi connectivity index (χ3v) is 5.26. The number of hydrogen-bond acceptors (Lipinski definition) is 5. The highest BCUT2D eigenvalue weighted by Gasteiger charge is 2.17. The van der Waals surface area contributed by atoms with Gasteiger partial charge in [-0.05, 0) is 49.9 Å². The molecule has 0 bridgehead atoms. The fraction of sp³-hybridized carbons (Fsp3) is 0.500. The van der Waals surface area contributed by atoms with Crippen molar-refractivity contribution in [1.29, 1.82) is 0 Å².